The van der Waals surface area contributed by atoms with Crippen molar-refractivity contribution in [3.63, 3.8) is 0 Å². The van der Waals surface area contributed by atoms with Crippen LogP contribution >= 0.6 is 22.6 Å². The first-order valence-electron chi connectivity index (χ1n) is 6.78. The molecule has 21 heavy (non-hydrogen) atoms. The SMILES string of the molecule is Cc1ccc(N(CC(=O)O)C(C)c2ccc(I)cc2)cc1. The van der Waals surface area contributed by atoms with E-state index in [0.717, 1.165) is 16.8 Å². The number of anilines is 1. The van der Waals surface area contributed by atoms with Crippen molar-refractivity contribution >= 4 is 34.2 Å². The topological polar surface area (TPSA) is 40.5 Å². The van der Waals surface area contributed by atoms with Gasteiger partial charge in [-0.25, -0.2) is 0 Å². The normalized spacial score (nSPS) is 12.0. The van der Waals surface area contributed by atoms with Crippen molar-refractivity contribution in [1.29, 1.82) is 0 Å². The van der Waals surface area contributed by atoms with Crippen LogP contribution in [0.5, 0.6) is 0 Å². The van der Waals surface area contributed by atoms with E-state index < -0.39 is 5.97 Å². The number of carboxylic acids is 1. The van der Waals surface area contributed by atoms with Gasteiger partial charge in [0.05, 0.1) is 6.04 Å². The van der Waals surface area contributed by atoms with E-state index in [-0.39, 0.29) is 12.6 Å². The monoisotopic (exact) mass is 395 g/mol. The number of nitrogens with zero attached hydrogens (tertiary/aromatic N) is 1. The van der Waals surface area contributed by atoms with Crippen molar-refractivity contribution in [2.75, 3.05) is 11.4 Å². The number of hydrogen-bond acceptors (Lipinski definition) is 2. The van der Waals surface area contributed by atoms with Crippen LogP contribution in [0.15, 0.2) is 48.5 Å². The Hall–Kier alpha value is -1.56. The van der Waals surface area contributed by atoms with E-state index in [1.54, 1.807) is 0 Å². The van der Waals surface area contributed by atoms with Crippen LogP contribution in [-0.2, 0) is 4.79 Å². The molecule has 0 saturated heterocycles. The van der Waals surface area contributed by atoms with Gasteiger partial charge in [0, 0.05) is 9.26 Å². The number of hydrogen-bond donors (Lipinski definition) is 1. The molecule has 2 aromatic rings. The molecule has 0 spiro atoms. The largest absolute Gasteiger partial charge is 0.480 e. The Bertz CT molecular complexity index is 608. The fourth-order valence-corrected chi connectivity index (χ4v) is 2.61. The van der Waals surface area contributed by atoms with Crippen molar-refractivity contribution < 1.29 is 9.90 Å². The van der Waals surface area contributed by atoms with Crippen molar-refractivity contribution in [2.24, 2.45) is 0 Å². The summed E-state index contributed by atoms with van der Waals surface area (Å²) in [5.74, 6) is -0.826. The Kier molecular flexibility index (Phi) is 5.22. The molecular formula is C17H18INO2. The zero-order valence-corrected chi connectivity index (χ0v) is 14.2. The lowest BCUT2D eigenvalue weighted by atomic mass is 10.1. The predicted molar refractivity (Wildman–Crippen MR) is 93.7 cm³/mol. The van der Waals surface area contributed by atoms with E-state index in [2.05, 4.69) is 34.7 Å². The molecule has 3 nitrogen and oxygen atoms in total. The quantitative estimate of drug-likeness (QED) is 0.770. The van der Waals surface area contributed by atoms with Gasteiger partial charge in [0.15, 0.2) is 0 Å². The summed E-state index contributed by atoms with van der Waals surface area (Å²) in [5.41, 5.74) is 3.20. The van der Waals surface area contributed by atoms with E-state index in [9.17, 15) is 9.90 Å². The average molecular weight is 395 g/mol. The van der Waals surface area contributed by atoms with Crippen LogP contribution in [0.25, 0.3) is 0 Å². The zero-order chi connectivity index (χ0) is 15.4. The first kappa shape index (κ1) is 15.8. The molecule has 2 aromatic carbocycles. The Balaban J connectivity index is 2.32. The molecule has 0 aliphatic carbocycles. The van der Waals surface area contributed by atoms with E-state index in [1.807, 2.05) is 55.1 Å². The van der Waals surface area contributed by atoms with E-state index in [0.29, 0.717) is 0 Å². The highest BCUT2D eigenvalue weighted by Gasteiger charge is 2.19. The van der Waals surface area contributed by atoms with Gasteiger partial charge in [0.1, 0.15) is 6.54 Å². The highest BCUT2D eigenvalue weighted by Crippen LogP contribution is 2.27. The minimum absolute atomic E-state index is 0.000746. The average Bonchev–Trinajstić information content (AvgIpc) is 2.46. The molecule has 1 atom stereocenters. The summed E-state index contributed by atoms with van der Waals surface area (Å²) in [6.45, 7) is 4.04. The van der Waals surface area contributed by atoms with Crippen LogP contribution in [0.2, 0.25) is 0 Å². The van der Waals surface area contributed by atoms with E-state index >= 15 is 0 Å². The number of benzene rings is 2. The van der Waals surface area contributed by atoms with Gasteiger partial charge >= 0.3 is 5.97 Å². The minimum atomic E-state index is -0.826. The summed E-state index contributed by atoms with van der Waals surface area (Å²) in [4.78, 5) is 13.1. The summed E-state index contributed by atoms with van der Waals surface area (Å²) in [6.07, 6.45) is 0. The van der Waals surface area contributed by atoms with E-state index in [1.165, 1.54) is 3.57 Å². The number of aliphatic carboxylic acids is 1. The summed E-state index contributed by atoms with van der Waals surface area (Å²) in [7, 11) is 0. The molecule has 1 unspecified atom stereocenters. The van der Waals surface area contributed by atoms with Crippen LogP contribution < -0.4 is 4.90 Å². The van der Waals surface area contributed by atoms with Gasteiger partial charge in [-0.1, -0.05) is 29.8 Å². The number of carbonyl (C=O) groups is 1. The lowest BCUT2D eigenvalue weighted by molar-refractivity contribution is -0.135. The number of aryl methyl sites for hydroxylation is 1. The number of carboxylic acid groups (broad SMARTS) is 1. The molecule has 1 N–H and O–H groups in total. The molecule has 0 heterocycles. The summed E-state index contributed by atoms with van der Waals surface area (Å²) >= 11 is 2.26. The Morgan fingerprint density at radius 2 is 1.71 bits per heavy atom. The highest BCUT2D eigenvalue weighted by molar-refractivity contribution is 14.1. The maximum atomic E-state index is 11.2. The van der Waals surface area contributed by atoms with Crippen LogP contribution in [0.3, 0.4) is 0 Å². The summed E-state index contributed by atoms with van der Waals surface area (Å²) < 4.78 is 1.17. The smallest absolute Gasteiger partial charge is 0.323 e. The maximum absolute atomic E-state index is 11.2. The molecule has 2 rings (SSSR count). The molecule has 0 aliphatic rings. The van der Waals surface area contributed by atoms with Crippen LogP contribution in [0.4, 0.5) is 5.69 Å². The fraction of sp³-hybridized carbons (Fsp3) is 0.235. The lowest BCUT2D eigenvalue weighted by Gasteiger charge is -2.30. The van der Waals surface area contributed by atoms with Gasteiger partial charge in [-0.15, -0.1) is 0 Å². The number of rotatable bonds is 5. The van der Waals surface area contributed by atoms with Gasteiger partial charge in [0.2, 0.25) is 0 Å². The Morgan fingerprint density at radius 1 is 1.14 bits per heavy atom. The van der Waals surface area contributed by atoms with Gasteiger partial charge in [-0.05, 0) is 66.3 Å². The van der Waals surface area contributed by atoms with Crippen molar-refractivity contribution in [3.05, 3.63) is 63.2 Å². The number of halogens is 1. The lowest BCUT2D eigenvalue weighted by Crippen LogP contribution is -2.32. The molecule has 0 amide bonds. The Morgan fingerprint density at radius 3 is 2.24 bits per heavy atom. The van der Waals surface area contributed by atoms with Crippen LogP contribution in [-0.4, -0.2) is 17.6 Å². The van der Waals surface area contributed by atoms with Gasteiger partial charge in [-0.2, -0.15) is 0 Å². The molecule has 0 aromatic heterocycles. The molecule has 0 aliphatic heterocycles. The van der Waals surface area contributed by atoms with Crippen molar-refractivity contribution in [3.8, 4) is 0 Å². The van der Waals surface area contributed by atoms with Crippen LogP contribution in [0.1, 0.15) is 24.1 Å². The maximum Gasteiger partial charge on any atom is 0.323 e. The zero-order valence-electron chi connectivity index (χ0n) is 12.1. The van der Waals surface area contributed by atoms with Crippen LogP contribution in [0, 0.1) is 10.5 Å². The fourth-order valence-electron chi connectivity index (χ4n) is 2.26. The highest BCUT2D eigenvalue weighted by atomic mass is 127. The molecule has 4 heteroatoms. The predicted octanol–water partition coefficient (Wildman–Crippen LogP) is 4.25. The summed E-state index contributed by atoms with van der Waals surface area (Å²) in [6, 6.07) is 16.1. The second-order valence-electron chi connectivity index (χ2n) is 5.08. The molecule has 0 saturated carbocycles. The third-order valence-corrected chi connectivity index (χ3v) is 4.21. The van der Waals surface area contributed by atoms with Gasteiger partial charge < -0.3 is 10.0 Å². The summed E-state index contributed by atoms with van der Waals surface area (Å²) in [5, 5.41) is 9.20. The standard InChI is InChI=1S/C17H18INO2/c1-12-3-9-16(10-4-12)19(11-17(20)21)13(2)14-5-7-15(18)8-6-14/h3-10,13H,11H2,1-2H3,(H,20,21). The Labute approximate surface area is 138 Å². The second-order valence-corrected chi connectivity index (χ2v) is 6.33. The first-order valence-corrected chi connectivity index (χ1v) is 7.86. The van der Waals surface area contributed by atoms with Gasteiger partial charge in [-0.3, -0.25) is 4.79 Å². The first-order chi connectivity index (χ1) is 9.97. The molecular weight excluding hydrogens is 377 g/mol. The third-order valence-electron chi connectivity index (χ3n) is 3.49. The molecule has 0 bridgehead atoms. The molecule has 110 valence electrons. The van der Waals surface area contributed by atoms with Crippen molar-refractivity contribution in [2.45, 2.75) is 19.9 Å². The minimum Gasteiger partial charge on any atom is -0.480 e. The second kappa shape index (κ2) is 6.93. The molecule has 0 radical (unpaired) electrons. The van der Waals surface area contributed by atoms with Gasteiger partial charge in [0.25, 0.3) is 0 Å². The third kappa shape index (κ3) is 4.20. The van der Waals surface area contributed by atoms with E-state index in [4.69, 9.17) is 0 Å². The molecule has 0 fully saturated rings. The van der Waals surface area contributed by atoms with Crippen molar-refractivity contribution in [1.82, 2.24) is 0 Å².